The number of rotatable bonds is 4. The highest BCUT2D eigenvalue weighted by atomic mass is 16.4. The molecule has 1 amide bonds. The average molecular weight is 366 g/mol. The van der Waals surface area contributed by atoms with Gasteiger partial charge in [-0.1, -0.05) is 6.07 Å². The summed E-state index contributed by atoms with van der Waals surface area (Å²) in [5, 5.41) is 9.55. The maximum atomic E-state index is 13.0. The Balaban J connectivity index is 1.64. The first-order chi connectivity index (χ1) is 13.0. The molecule has 5 heterocycles. The van der Waals surface area contributed by atoms with Crippen LogP contribution in [0.15, 0.2) is 36.5 Å². The highest BCUT2D eigenvalue weighted by Gasteiger charge is 2.41. The lowest BCUT2D eigenvalue weighted by atomic mass is 9.94. The van der Waals surface area contributed by atoms with E-state index in [4.69, 9.17) is 0 Å². The number of hydrogen-bond acceptors (Lipinski definition) is 5. The van der Waals surface area contributed by atoms with Crippen LogP contribution in [0.4, 0.5) is 5.82 Å². The van der Waals surface area contributed by atoms with E-state index in [1.165, 1.54) is 0 Å². The number of aromatic nitrogens is 2. The minimum absolute atomic E-state index is 0.0298. The summed E-state index contributed by atoms with van der Waals surface area (Å²) >= 11 is 0. The Hall–Kier alpha value is -2.96. The number of carbonyl (C=O) groups excluding carboxylic acids is 1. The van der Waals surface area contributed by atoms with Gasteiger partial charge in [0.25, 0.3) is 0 Å². The van der Waals surface area contributed by atoms with E-state index in [1.54, 1.807) is 18.3 Å². The zero-order chi connectivity index (χ0) is 19.0. The first kappa shape index (κ1) is 17.5. The Morgan fingerprint density at radius 1 is 1.22 bits per heavy atom. The van der Waals surface area contributed by atoms with Gasteiger partial charge in [-0.2, -0.15) is 0 Å². The van der Waals surface area contributed by atoms with Gasteiger partial charge < -0.3 is 14.9 Å². The van der Waals surface area contributed by atoms with Crippen LogP contribution in [0.2, 0.25) is 0 Å². The Labute approximate surface area is 157 Å². The molecule has 0 aromatic carbocycles. The number of carbonyl (C=O) groups is 2. The van der Waals surface area contributed by atoms with Gasteiger partial charge in [0.15, 0.2) is 0 Å². The fourth-order valence-corrected chi connectivity index (χ4v) is 4.04. The predicted octanol–water partition coefficient (Wildman–Crippen LogP) is 2.11. The van der Waals surface area contributed by atoms with E-state index in [2.05, 4.69) is 9.97 Å². The summed E-state index contributed by atoms with van der Waals surface area (Å²) in [6.07, 6.45) is 3.47. The molecule has 140 valence electrons. The molecule has 3 fully saturated rings. The van der Waals surface area contributed by atoms with Crippen LogP contribution in [0.25, 0.3) is 0 Å². The maximum absolute atomic E-state index is 13.0. The Morgan fingerprint density at radius 2 is 2.07 bits per heavy atom. The molecule has 1 N–H and O–H groups in total. The maximum Gasteiger partial charge on any atom is 0.339 e. The molecule has 2 aromatic heterocycles. The zero-order valence-corrected chi connectivity index (χ0v) is 15.2. The second-order valence-electron chi connectivity index (χ2n) is 7.25. The van der Waals surface area contributed by atoms with Crippen LogP contribution in [0.5, 0.6) is 0 Å². The fourth-order valence-electron chi connectivity index (χ4n) is 4.04. The average Bonchev–Trinajstić information content (AvgIpc) is 2.95. The van der Waals surface area contributed by atoms with Gasteiger partial charge in [-0.15, -0.1) is 0 Å². The number of carboxylic acid groups (broad SMARTS) is 1. The van der Waals surface area contributed by atoms with Crippen molar-refractivity contribution in [3.63, 3.8) is 0 Å². The fraction of sp³-hybridized carbons (Fsp3) is 0.400. The van der Waals surface area contributed by atoms with Crippen LogP contribution in [0.3, 0.4) is 0 Å². The van der Waals surface area contributed by atoms with E-state index in [-0.39, 0.29) is 23.4 Å². The van der Waals surface area contributed by atoms with Crippen molar-refractivity contribution in [2.45, 2.75) is 32.4 Å². The van der Waals surface area contributed by atoms with E-state index >= 15 is 0 Å². The van der Waals surface area contributed by atoms with E-state index in [9.17, 15) is 14.7 Å². The summed E-state index contributed by atoms with van der Waals surface area (Å²) < 4.78 is 0. The molecule has 0 saturated carbocycles. The minimum Gasteiger partial charge on any atom is -0.478 e. The number of fused-ring (bicyclic) bond motifs is 4. The molecule has 3 saturated heterocycles. The van der Waals surface area contributed by atoms with Gasteiger partial charge in [-0.25, -0.2) is 9.78 Å². The van der Waals surface area contributed by atoms with Crippen molar-refractivity contribution in [2.24, 2.45) is 5.92 Å². The number of pyridine rings is 2. The summed E-state index contributed by atoms with van der Waals surface area (Å²) in [5.74, 6) is -0.544. The molecule has 7 heteroatoms. The SMILES string of the molecule is Cc1ccc(C(=O)O)c(N2C[C@@H]3CC[C@H](C2)N(Cc2ccccn2)C3=O)n1. The molecule has 3 aliphatic rings. The second kappa shape index (κ2) is 6.98. The Morgan fingerprint density at radius 3 is 2.81 bits per heavy atom. The molecule has 2 aromatic rings. The third kappa shape index (κ3) is 3.37. The summed E-state index contributed by atoms with van der Waals surface area (Å²) in [4.78, 5) is 37.4. The van der Waals surface area contributed by atoms with Gasteiger partial charge in [-0.05, 0) is 44.0 Å². The number of carboxylic acids is 1. The summed E-state index contributed by atoms with van der Waals surface area (Å²) in [5.41, 5.74) is 1.82. The standard InChI is InChI=1S/C20H22N4O3/c1-13-5-8-17(20(26)27)18(22-13)23-10-14-6-7-16(12-23)24(19(14)25)11-15-4-2-3-9-21-15/h2-5,8-9,14,16H,6-7,10-12H2,1H3,(H,26,27)/t14-,16+/m0/s1. The first-order valence-electron chi connectivity index (χ1n) is 9.19. The van der Waals surface area contributed by atoms with Crippen LogP contribution in [-0.2, 0) is 11.3 Å². The van der Waals surface area contributed by atoms with E-state index in [0.29, 0.717) is 25.5 Å². The van der Waals surface area contributed by atoms with E-state index in [1.807, 2.05) is 34.9 Å². The quantitative estimate of drug-likeness (QED) is 0.892. The number of nitrogens with zero attached hydrogens (tertiary/aromatic N) is 4. The summed E-state index contributed by atoms with van der Waals surface area (Å²) in [6.45, 7) is 3.43. The zero-order valence-electron chi connectivity index (χ0n) is 15.2. The third-order valence-electron chi connectivity index (χ3n) is 5.40. The summed E-state index contributed by atoms with van der Waals surface area (Å²) in [6, 6.07) is 9.04. The van der Waals surface area contributed by atoms with E-state index < -0.39 is 5.97 Å². The second-order valence-corrected chi connectivity index (χ2v) is 7.25. The van der Waals surface area contributed by atoms with Gasteiger partial charge >= 0.3 is 5.97 Å². The molecule has 5 rings (SSSR count). The highest BCUT2D eigenvalue weighted by Crippen LogP contribution is 2.33. The number of aromatic carboxylic acids is 1. The van der Waals surface area contributed by atoms with Gasteiger partial charge in [0.2, 0.25) is 5.91 Å². The van der Waals surface area contributed by atoms with Crippen molar-refractivity contribution in [3.8, 4) is 0 Å². The van der Waals surface area contributed by atoms with E-state index in [0.717, 1.165) is 24.2 Å². The van der Waals surface area contributed by atoms with Crippen LogP contribution < -0.4 is 4.90 Å². The van der Waals surface area contributed by atoms with Crippen LogP contribution in [0, 0.1) is 12.8 Å². The number of aryl methyl sites for hydroxylation is 1. The molecule has 2 atom stereocenters. The highest BCUT2D eigenvalue weighted by molar-refractivity contribution is 5.93. The molecule has 0 unspecified atom stereocenters. The third-order valence-corrected chi connectivity index (χ3v) is 5.40. The normalized spacial score (nSPS) is 22.0. The van der Waals surface area contributed by atoms with Crippen molar-refractivity contribution in [1.82, 2.24) is 14.9 Å². The smallest absolute Gasteiger partial charge is 0.339 e. The number of hydrogen-bond donors (Lipinski definition) is 1. The molecular weight excluding hydrogens is 344 g/mol. The minimum atomic E-state index is -0.995. The van der Waals surface area contributed by atoms with Crippen LogP contribution >= 0.6 is 0 Å². The topological polar surface area (TPSA) is 86.6 Å². The van der Waals surface area contributed by atoms with Gasteiger partial charge in [-0.3, -0.25) is 9.78 Å². The van der Waals surface area contributed by atoms with Crippen molar-refractivity contribution in [1.29, 1.82) is 0 Å². The largest absolute Gasteiger partial charge is 0.478 e. The van der Waals surface area contributed by atoms with Crippen molar-refractivity contribution in [2.75, 3.05) is 18.0 Å². The Bertz CT molecular complexity index is 871. The molecule has 3 aliphatic heterocycles. The molecule has 2 bridgehead atoms. The molecular formula is C20H22N4O3. The molecule has 0 spiro atoms. The van der Waals surface area contributed by atoms with Crippen molar-refractivity contribution < 1.29 is 14.7 Å². The molecule has 7 nitrogen and oxygen atoms in total. The number of amides is 1. The predicted molar refractivity (Wildman–Crippen MR) is 99.4 cm³/mol. The van der Waals surface area contributed by atoms with Crippen LogP contribution in [0.1, 0.15) is 34.6 Å². The lowest BCUT2D eigenvalue weighted by Crippen LogP contribution is -2.47. The van der Waals surface area contributed by atoms with Crippen molar-refractivity contribution in [3.05, 3.63) is 53.5 Å². The van der Waals surface area contributed by atoms with Gasteiger partial charge in [0, 0.05) is 31.0 Å². The van der Waals surface area contributed by atoms with Gasteiger partial charge in [0.05, 0.1) is 18.2 Å². The molecule has 0 radical (unpaired) electrons. The molecule has 0 aliphatic carbocycles. The van der Waals surface area contributed by atoms with Crippen molar-refractivity contribution >= 4 is 17.7 Å². The van der Waals surface area contributed by atoms with Crippen LogP contribution in [-0.4, -0.2) is 51.0 Å². The summed E-state index contributed by atoms with van der Waals surface area (Å²) in [7, 11) is 0. The lowest BCUT2D eigenvalue weighted by Gasteiger charge is -2.35. The number of anilines is 1. The number of piperidine rings is 1. The monoisotopic (exact) mass is 366 g/mol. The lowest BCUT2D eigenvalue weighted by molar-refractivity contribution is -0.140. The molecule has 27 heavy (non-hydrogen) atoms. The van der Waals surface area contributed by atoms with Gasteiger partial charge in [0.1, 0.15) is 11.4 Å². The Kier molecular flexibility index (Phi) is 4.51. The first-order valence-corrected chi connectivity index (χ1v) is 9.19.